The molecule has 1 fully saturated rings. The Morgan fingerprint density at radius 2 is 2.04 bits per heavy atom. The molecule has 0 heterocycles. The third-order valence-electron chi connectivity index (χ3n) is 3.84. The van der Waals surface area contributed by atoms with Gasteiger partial charge in [0, 0.05) is 12.6 Å². The van der Waals surface area contributed by atoms with E-state index in [9.17, 15) is 5.11 Å². The highest BCUT2D eigenvalue weighted by molar-refractivity contribution is 6.32. The maximum atomic E-state index is 9.57. The molecule has 0 bridgehead atoms. The Bertz CT molecular complexity index is 502. The lowest BCUT2D eigenvalue weighted by Crippen LogP contribution is -2.45. The number of nitrogens with one attached hydrogen (secondary N) is 2. The quantitative estimate of drug-likeness (QED) is 0.423. The van der Waals surface area contributed by atoms with Gasteiger partial charge in [-0.1, -0.05) is 23.7 Å². The molecule has 0 aromatic heterocycles. The Balaban J connectivity index is 1.78. The maximum absolute atomic E-state index is 9.57. The SMILES string of the molecule is CCNC(=NCCOc1ccccc1Cl)NC1CCC(O)CC1. The van der Waals surface area contributed by atoms with Crippen LogP contribution in [0.15, 0.2) is 29.3 Å². The molecule has 128 valence electrons. The molecule has 5 nitrogen and oxygen atoms in total. The molecule has 6 heteroatoms. The lowest BCUT2D eigenvalue weighted by molar-refractivity contribution is 0.120. The molecular formula is C17H26ClN3O2. The molecule has 0 unspecified atom stereocenters. The number of rotatable bonds is 6. The Labute approximate surface area is 143 Å². The van der Waals surface area contributed by atoms with E-state index in [1.165, 1.54) is 0 Å². The van der Waals surface area contributed by atoms with Crippen LogP contribution in [0, 0.1) is 0 Å². The van der Waals surface area contributed by atoms with Crippen molar-refractivity contribution in [1.29, 1.82) is 0 Å². The minimum absolute atomic E-state index is 0.142. The number of guanidine groups is 1. The summed E-state index contributed by atoms with van der Waals surface area (Å²) in [5.74, 6) is 1.49. The normalized spacial score (nSPS) is 21.8. The van der Waals surface area contributed by atoms with Gasteiger partial charge >= 0.3 is 0 Å². The smallest absolute Gasteiger partial charge is 0.191 e. The molecule has 1 aromatic rings. The highest BCUT2D eigenvalue weighted by Crippen LogP contribution is 2.22. The number of benzene rings is 1. The van der Waals surface area contributed by atoms with E-state index in [1.807, 2.05) is 31.2 Å². The summed E-state index contributed by atoms with van der Waals surface area (Å²) >= 11 is 6.05. The monoisotopic (exact) mass is 339 g/mol. The molecular weight excluding hydrogens is 314 g/mol. The first-order valence-electron chi connectivity index (χ1n) is 8.29. The molecule has 0 amide bonds. The van der Waals surface area contributed by atoms with Gasteiger partial charge in [-0.3, -0.25) is 0 Å². The number of halogens is 1. The number of aliphatic imine (C=N–C) groups is 1. The number of hydrogen-bond donors (Lipinski definition) is 3. The highest BCUT2D eigenvalue weighted by atomic mass is 35.5. The summed E-state index contributed by atoms with van der Waals surface area (Å²) in [7, 11) is 0. The molecule has 0 spiro atoms. The number of hydrogen-bond acceptors (Lipinski definition) is 3. The van der Waals surface area contributed by atoms with Crippen LogP contribution in [0.4, 0.5) is 0 Å². The largest absolute Gasteiger partial charge is 0.490 e. The minimum atomic E-state index is -0.142. The topological polar surface area (TPSA) is 65.9 Å². The van der Waals surface area contributed by atoms with E-state index in [1.54, 1.807) is 0 Å². The fraction of sp³-hybridized carbons (Fsp3) is 0.588. The predicted octanol–water partition coefficient (Wildman–Crippen LogP) is 2.58. The second kappa shape index (κ2) is 9.63. The van der Waals surface area contributed by atoms with Crippen LogP contribution in [0.3, 0.4) is 0 Å². The number of para-hydroxylation sites is 1. The van der Waals surface area contributed by atoms with Gasteiger partial charge in [-0.05, 0) is 44.7 Å². The fourth-order valence-electron chi connectivity index (χ4n) is 2.61. The molecule has 1 aromatic carbocycles. The van der Waals surface area contributed by atoms with Gasteiger partial charge in [-0.15, -0.1) is 0 Å². The maximum Gasteiger partial charge on any atom is 0.191 e. The Hall–Kier alpha value is -1.46. The van der Waals surface area contributed by atoms with E-state index in [-0.39, 0.29) is 6.10 Å². The van der Waals surface area contributed by atoms with Crippen molar-refractivity contribution in [2.24, 2.45) is 4.99 Å². The van der Waals surface area contributed by atoms with Gasteiger partial charge in [-0.2, -0.15) is 0 Å². The summed E-state index contributed by atoms with van der Waals surface area (Å²) in [6.45, 7) is 3.88. The molecule has 0 saturated heterocycles. The summed E-state index contributed by atoms with van der Waals surface area (Å²) in [5, 5.41) is 16.9. The van der Waals surface area contributed by atoms with Crippen molar-refractivity contribution in [3.05, 3.63) is 29.3 Å². The van der Waals surface area contributed by atoms with Crippen LogP contribution in [-0.2, 0) is 0 Å². The predicted molar refractivity (Wildman–Crippen MR) is 94.3 cm³/mol. The van der Waals surface area contributed by atoms with Crippen LogP contribution in [0.25, 0.3) is 0 Å². The summed E-state index contributed by atoms with van der Waals surface area (Å²) in [4.78, 5) is 4.54. The standard InChI is InChI=1S/C17H26ClN3O2/c1-2-19-17(21-13-7-9-14(22)10-8-13)20-11-12-23-16-6-4-3-5-15(16)18/h3-6,13-14,22H,2,7-12H2,1H3,(H2,19,20,21). The van der Waals surface area contributed by atoms with Gasteiger partial charge in [0.05, 0.1) is 17.7 Å². The number of nitrogens with zero attached hydrogens (tertiary/aromatic N) is 1. The molecule has 2 rings (SSSR count). The Morgan fingerprint density at radius 1 is 1.30 bits per heavy atom. The van der Waals surface area contributed by atoms with Crippen LogP contribution in [0.1, 0.15) is 32.6 Å². The average Bonchev–Trinajstić information content (AvgIpc) is 2.55. The third kappa shape index (κ3) is 6.28. The van der Waals surface area contributed by atoms with Crippen LogP contribution in [0.2, 0.25) is 5.02 Å². The van der Waals surface area contributed by atoms with Gasteiger partial charge < -0.3 is 20.5 Å². The van der Waals surface area contributed by atoms with Gasteiger partial charge in [0.25, 0.3) is 0 Å². The van der Waals surface area contributed by atoms with Crippen molar-refractivity contribution in [3.8, 4) is 5.75 Å². The van der Waals surface area contributed by atoms with Gasteiger partial charge in [0.15, 0.2) is 5.96 Å². The molecule has 1 aliphatic rings. The zero-order chi connectivity index (χ0) is 16.5. The third-order valence-corrected chi connectivity index (χ3v) is 4.15. The molecule has 0 aliphatic heterocycles. The first-order chi connectivity index (χ1) is 11.2. The summed E-state index contributed by atoms with van der Waals surface area (Å²) in [6.07, 6.45) is 3.51. The highest BCUT2D eigenvalue weighted by Gasteiger charge is 2.19. The summed E-state index contributed by atoms with van der Waals surface area (Å²) in [6, 6.07) is 7.81. The van der Waals surface area contributed by atoms with E-state index < -0.39 is 0 Å². The van der Waals surface area contributed by atoms with E-state index >= 15 is 0 Å². The van der Waals surface area contributed by atoms with Crippen LogP contribution >= 0.6 is 11.6 Å². The molecule has 0 radical (unpaired) electrons. The summed E-state index contributed by atoms with van der Waals surface area (Å²) in [5.41, 5.74) is 0. The zero-order valence-corrected chi connectivity index (χ0v) is 14.4. The zero-order valence-electron chi connectivity index (χ0n) is 13.6. The van der Waals surface area contributed by atoms with Crippen molar-refractivity contribution in [2.75, 3.05) is 19.7 Å². The summed E-state index contributed by atoms with van der Waals surface area (Å²) < 4.78 is 5.64. The molecule has 23 heavy (non-hydrogen) atoms. The molecule has 0 atom stereocenters. The second-order valence-corrected chi connectivity index (χ2v) is 6.10. The van der Waals surface area contributed by atoms with Crippen molar-refractivity contribution >= 4 is 17.6 Å². The van der Waals surface area contributed by atoms with Gasteiger partial charge in [-0.25, -0.2) is 4.99 Å². The number of aliphatic hydroxyl groups excluding tert-OH is 1. The lowest BCUT2D eigenvalue weighted by Gasteiger charge is -2.27. The first-order valence-corrected chi connectivity index (χ1v) is 8.67. The minimum Gasteiger partial charge on any atom is -0.490 e. The van der Waals surface area contributed by atoms with Crippen molar-refractivity contribution in [3.63, 3.8) is 0 Å². The Kier molecular flexibility index (Phi) is 7.49. The van der Waals surface area contributed by atoms with Gasteiger partial charge in [0.1, 0.15) is 12.4 Å². The van der Waals surface area contributed by atoms with E-state index in [0.717, 1.165) is 38.2 Å². The van der Waals surface area contributed by atoms with Crippen LogP contribution < -0.4 is 15.4 Å². The molecule has 1 aliphatic carbocycles. The van der Waals surface area contributed by atoms with Crippen molar-refractivity contribution in [2.45, 2.75) is 44.8 Å². The van der Waals surface area contributed by atoms with E-state index in [2.05, 4.69) is 15.6 Å². The van der Waals surface area contributed by atoms with Crippen molar-refractivity contribution in [1.82, 2.24) is 10.6 Å². The van der Waals surface area contributed by atoms with Crippen LogP contribution in [0.5, 0.6) is 5.75 Å². The van der Waals surface area contributed by atoms with Gasteiger partial charge in [0.2, 0.25) is 0 Å². The average molecular weight is 340 g/mol. The number of ether oxygens (including phenoxy) is 1. The van der Waals surface area contributed by atoms with Crippen LogP contribution in [-0.4, -0.2) is 42.9 Å². The number of aliphatic hydroxyl groups is 1. The first kappa shape index (κ1) is 17.9. The van der Waals surface area contributed by atoms with E-state index in [4.69, 9.17) is 16.3 Å². The van der Waals surface area contributed by atoms with Crippen molar-refractivity contribution < 1.29 is 9.84 Å². The molecule has 3 N–H and O–H groups in total. The fourth-order valence-corrected chi connectivity index (χ4v) is 2.80. The second-order valence-electron chi connectivity index (χ2n) is 5.69. The lowest BCUT2D eigenvalue weighted by atomic mass is 9.93. The molecule has 1 saturated carbocycles. The Morgan fingerprint density at radius 3 is 2.74 bits per heavy atom. The van der Waals surface area contributed by atoms with E-state index in [0.29, 0.717) is 30.0 Å².